The molecule has 5 radical (unpaired) electrons. The van der Waals surface area contributed by atoms with Crippen LogP contribution in [-0.2, 0) is 25.3 Å². The molecule has 2 fully saturated rings. The van der Waals surface area contributed by atoms with Gasteiger partial charge in [0.2, 0.25) is 0 Å². The third-order valence-electron chi connectivity index (χ3n) is 3.97. The zero-order chi connectivity index (χ0) is 14.8. The molecule has 19 heavy (non-hydrogen) atoms. The minimum absolute atomic E-state index is 0.367. The summed E-state index contributed by atoms with van der Waals surface area (Å²) in [4.78, 5) is 4.88. The fourth-order valence-corrected chi connectivity index (χ4v) is 6.43. The molecule has 2 rings (SSSR count). The second-order valence-electron chi connectivity index (χ2n) is 5.22. The van der Waals surface area contributed by atoms with Crippen LogP contribution in [0.25, 0.3) is 4.98 Å². The molecular weight excluding hydrogens is 376 g/mol. The fraction of sp³-hybridized carbons (Fsp3) is 0.615. The van der Waals surface area contributed by atoms with Gasteiger partial charge in [0.1, 0.15) is 0 Å². The predicted molar refractivity (Wildman–Crippen MR) is 81.0 cm³/mol. The van der Waals surface area contributed by atoms with Gasteiger partial charge in [-0.25, -0.2) is 0 Å². The molecule has 0 spiro atoms. The van der Waals surface area contributed by atoms with E-state index < -0.39 is 29.3 Å². The molecule has 2 nitrogen and oxygen atoms in total. The summed E-state index contributed by atoms with van der Waals surface area (Å²) in [7, 11) is 7.87. The molecule has 0 aromatic rings. The monoisotopic (exact) mass is 395 g/mol. The van der Waals surface area contributed by atoms with Crippen molar-refractivity contribution in [1.29, 1.82) is 0 Å². The van der Waals surface area contributed by atoms with Crippen LogP contribution in [0.1, 0.15) is 34.6 Å². The first-order valence-corrected chi connectivity index (χ1v) is 15.0. The predicted octanol–water partition coefficient (Wildman–Crippen LogP) is 4.73. The van der Waals surface area contributed by atoms with Crippen LogP contribution in [0.15, 0.2) is 0 Å². The van der Waals surface area contributed by atoms with E-state index in [2.05, 4.69) is 41.2 Å². The van der Waals surface area contributed by atoms with Crippen LogP contribution in [0.4, 0.5) is 0 Å². The van der Waals surface area contributed by atoms with Crippen molar-refractivity contribution in [3.63, 3.8) is 0 Å². The normalized spacial score (nSPS) is 35.3. The molecule has 1 saturated carbocycles. The Balaban J connectivity index is 0.000000550. The third kappa shape index (κ3) is 4.07. The summed E-state index contributed by atoms with van der Waals surface area (Å²) in [5.41, 5.74) is 1.42. The van der Waals surface area contributed by atoms with Crippen molar-refractivity contribution in [1.82, 2.24) is 0 Å². The number of halogens is 2. The van der Waals surface area contributed by atoms with Crippen LogP contribution in [0.5, 0.6) is 0 Å². The van der Waals surface area contributed by atoms with E-state index in [4.69, 9.17) is 26.4 Å². The molecule has 2 unspecified atom stereocenters. The molecular formula is C13H21Cl2NOSiZr+. The van der Waals surface area contributed by atoms with Gasteiger partial charge in [0.15, 0.2) is 0 Å². The van der Waals surface area contributed by atoms with E-state index in [-0.39, 0.29) is 0 Å². The summed E-state index contributed by atoms with van der Waals surface area (Å²) in [5, 5.41) is 0. The SMILES string of the molecule is C[C]1[C](C)[C](C)[C]([Si]2(C)[N-]C(C)CO2)[C]1C.[Cl][Zr+2][Cl]. The van der Waals surface area contributed by atoms with Gasteiger partial charge in [0.25, 0.3) is 0 Å². The van der Waals surface area contributed by atoms with E-state index in [1.807, 2.05) is 0 Å². The van der Waals surface area contributed by atoms with Crippen molar-refractivity contribution < 1.29 is 25.3 Å². The van der Waals surface area contributed by atoms with Gasteiger partial charge in [0, 0.05) is 6.61 Å². The van der Waals surface area contributed by atoms with Gasteiger partial charge in [-0.15, -0.1) is 6.04 Å². The Bertz CT molecular complexity index is 286. The van der Waals surface area contributed by atoms with E-state index >= 15 is 0 Å². The van der Waals surface area contributed by atoms with E-state index in [1.54, 1.807) is 0 Å². The van der Waals surface area contributed by atoms with E-state index in [9.17, 15) is 0 Å². The molecule has 1 aliphatic carbocycles. The molecule has 0 N–H and O–H groups in total. The summed E-state index contributed by atoms with van der Waals surface area (Å²) in [6.07, 6.45) is 0. The van der Waals surface area contributed by atoms with Crippen molar-refractivity contribution in [2.24, 2.45) is 0 Å². The molecule has 0 bridgehead atoms. The van der Waals surface area contributed by atoms with Crippen molar-refractivity contribution in [3.05, 3.63) is 34.2 Å². The second kappa shape index (κ2) is 7.74. The quantitative estimate of drug-likeness (QED) is 0.587. The molecule has 6 heteroatoms. The minimum atomic E-state index is -2.00. The molecule has 2 aliphatic rings. The number of hydrogen-bond acceptors (Lipinski definition) is 1. The van der Waals surface area contributed by atoms with Gasteiger partial charge in [-0.3, -0.25) is 0 Å². The Kier molecular flexibility index (Phi) is 7.60. The molecule has 0 aromatic carbocycles. The second-order valence-corrected chi connectivity index (χ2v) is 12.0. The molecule has 1 aliphatic heterocycles. The number of nitrogens with zero attached hydrogens (tertiary/aromatic N) is 1. The summed E-state index contributed by atoms with van der Waals surface area (Å²) in [5.74, 6) is 5.64. The molecule has 0 aromatic heterocycles. The average Bonchev–Trinajstić information content (AvgIpc) is 2.76. The Morgan fingerprint density at radius 2 is 1.53 bits per heavy atom. The standard InChI is InChI=1S/C13H21NOSi.2ClH.Zr/c1-8-7-15-16(6,14-8)13-11(4)9(2)10(3)12(13)5;;;/h8H,7H2,1-6H3;2*1H;/q-1;;;+4/p-2. The first-order chi connectivity index (χ1) is 8.78. The van der Waals surface area contributed by atoms with Crippen LogP contribution < -0.4 is 0 Å². The van der Waals surface area contributed by atoms with E-state index in [0.29, 0.717) is 6.04 Å². The molecule has 1 saturated heterocycles. The fourth-order valence-electron chi connectivity index (χ4n) is 2.83. The van der Waals surface area contributed by atoms with Crippen molar-refractivity contribution in [2.45, 2.75) is 47.2 Å². The van der Waals surface area contributed by atoms with Crippen LogP contribution in [0.2, 0.25) is 6.55 Å². The summed E-state index contributed by atoms with van der Waals surface area (Å²) < 4.78 is 6.04. The Morgan fingerprint density at radius 3 is 1.84 bits per heavy atom. The van der Waals surface area contributed by atoms with Gasteiger partial charge < -0.3 is 9.41 Å². The molecule has 2 atom stereocenters. The molecule has 1 heterocycles. The summed E-state index contributed by atoms with van der Waals surface area (Å²) in [6, 6.07) is 0.367. The van der Waals surface area contributed by atoms with Gasteiger partial charge in [-0.1, -0.05) is 41.2 Å². The molecule has 0 amide bonds. The topological polar surface area (TPSA) is 23.3 Å². The Morgan fingerprint density at radius 1 is 1.11 bits per heavy atom. The van der Waals surface area contributed by atoms with Gasteiger partial charge in [0.05, 0.1) is 8.48 Å². The molecule has 105 valence electrons. The zero-order valence-corrected chi connectivity index (χ0v) is 17.4. The number of hydrogen-bond donors (Lipinski definition) is 0. The average molecular weight is 398 g/mol. The van der Waals surface area contributed by atoms with Gasteiger partial charge in [-0.2, -0.15) is 0 Å². The maximum absolute atomic E-state index is 6.04. The van der Waals surface area contributed by atoms with E-state index in [1.165, 1.54) is 29.2 Å². The van der Waals surface area contributed by atoms with Crippen molar-refractivity contribution in [3.8, 4) is 0 Å². The van der Waals surface area contributed by atoms with Crippen molar-refractivity contribution in [2.75, 3.05) is 6.61 Å². The summed E-state index contributed by atoms with van der Waals surface area (Å²) in [6.45, 7) is 14.0. The Hall–Kier alpha value is 1.60. The maximum atomic E-state index is 6.04. The van der Waals surface area contributed by atoms with Gasteiger partial charge in [-0.05, 0) is 29.2 Å². The summed E-state index contributed by atoms with van der Waals surface area (Å²) >= 11 is -0.826. The van der Waals surface area contributed by atoms with Crippen molar-refractivity contribution >= 4 is 25.5 Å². The first kappa shape index (κ1) is 18.6. The van der Waals surface area contributed by atoms with Crippen LogP contribution in [0, 0.1) is 29.2 Å². The Labute approximate surface area is 138 Å². The number of rotatable bonds is 1. The first-order valence-electron chi connectivity index (χ1n) is 6.34. The van der Waals surface area contributed by atoms with Gasteiger partial charge >= 0.3 is 37.9 Å². The van der Waals surface area contributed by atoms with Crippen LogP contribution >= 0.6 is 17.0 Å². The third-order valence-corrected chi connectivity index (χ3v) is 7.31. The van der Waals surface area contributed by atoms with E-state index in [0.717, 1.165) is 6.61 Å². The van der Waals surface area contributed by atoms with Crippen LogP contribution in [0.3, 0.4) is 0 Å². The van der Waals surface area contributed by atoms with Crippen LogP contribution in [-0.4, -0.2) is 21.1 Å². The zero-order valence-electron chi connectivity index (χ0n) is 12.4.